The van der Waals surface area contributed by atoms with E-state index < -0.39 is 16.0 Å². The highest BCUT2D eigenvalue weighted by atomic mass is 32.2. The summed E-state index contributed by atoms with van der Waals surface area (Å²) in [5, 5.41) is 0. The van der Waals surface area contributed by atoms with Crippen molar-refractivity contribution in [1.29, 1.82) is 0 Å². The van der Waals surface area contributed by atoms with Crippen molar-refractivity contribution >= 4 is 21.7 Å². The van der Waals surface area contributed by atoms with Crippen molar-refractivity contribution in [3.8, 4) is 5.75 Å². The van der Waals surface area contributed by atoms with Gasteiger partial charge in [-0.15, -0.1) is 0 Å². The predicted octanol–water partition coefficient (Wildman–Crippen LogP) is 2.61. The minimum absolute atomic E-state index is 0.0490. The number of morpholine rings is 1. The van der Waals surface area contributed by atoms with Crippen LogP contribution < -0.4 is 9.64 Å². The Morgan fingerprint density at radius 1 is 1.07 bits per heavy atom. The number of ether oxygens (including phenoxy) is 2. The summed E-state index contributed by atoms with van der Waals surface area (Å²) in [4.78, 5) is 15.2. The highest BCUT2D eigenvalue weighted by molar-refractivity contribution is 7.89. The van der Waals surface area contributed by atoms with E-state index in [-0.39, 0.29) is 10.5 Å². The molecule has 1 saturated heterocycles. The maximum atomic E-state index is 13.1. The Hall–Kier alpha value is -2.42. The summed E-state index contributed by atoms with van der Waals surface area (Å²) in [5.74, 6) is -0.0917. The van der Waals surface area contributed by atoms with Crippen LogP contribution in [0.15, 0.2) is 41.3 Å². The minimum atomic E-state index is -3.69. The lowest BCUT2D eigenvalue weighted by atomic mass is 10.1. The zero-order valence-corrected chi connectivity index (χ0v) is 18.0. The van der Waals surface area contributed by atoms with E-state index in [2.05, 4.69) is 0 Å². The molecule has 1 fully saturated rings. The molecule has 1 aliphatic rings. The van der Waals surface area contributed by atoms with Gasteiger partial charge >= 0.3 is 5.97 Å². The van der Waals surface area contributed by atoms with Crippen LogP contribution in [0.3, 0.4) is 0 Å². The number of rotatable bonds is 5. The van der Waals surface area contributed by atoms with Crippen molar-refractivity contribution in [2.75, 3.05) is 45.3 Å². The fraction of sp³-hybridized carbons (Fsp3) is 0.381. The Labute approximate surface area is 171 Å². The fourth-order valence-corrected chi connectivity index (χ4v) is 4.17. The number of carbonyl (C=O) groups is 1. The number of para-hydroxylation sites is 1. The third kappa shape index (κ3) is 4.44. The number of carbonyl (C=O) groups excluding carboxylic acids is 1. The van der Waals surface area contributed by atoms with Gasteiger partial charge < -0.3 is 14.4 Å². The molecule has 0 unspecified atom stereocenters. The van der Waals surface area contributed by atoms with Crippen molar-refractivity contribution in [1.82, 2.24) is 4.31 Å². The summed E-state index contributed by atoms with van der Waals surface area (Å²) in [6.45, 7) is 6.05. The third-order valence-corrected chi connectivity index (χ3v) is 6.73. The van der Waals surface area contributed by atoms with E-state index in [0.717, 1.165) is 15.4 Å². The largest absolute Gasteiger partial charge is 0.422 e. The number of benzene rings is 2. The molecule has 0 radical (unpaired) electrons. The van der Waals surface area contributed by atoms with Crippen molar-refractivity contribution in [3.05, 3.63) is 53.1 Å². The maximum absolute atomic E-state index is 13.1. The monoisotopic (exact) mass is 418 g/mol. The molecule has 1 heterocycles. The topological polar surface area (TPSA) is 76.2 Å². The van der Waals surface area contributed by atoms with Crippen LogP contribution in [0.2, 0.25) is 0 Å². The third-order valence-electron chi connectivity index (χ3n) is 4.92. The highest BCUT2D eigenvalue weighted by Crippen LogP contribution is 2.29. The molecular formula is C21H26N2O5S. The number of anilines is 1. The normalized spacial score (nSPS) is 14.9. The van der Waals surface area contributed by atoms with Gasteiger partial charge in [-0.25, -0.2) is 17.5 Å². The smallest absolute Gasteiger partial charge is 0.345 e. The second-order valence-electron chi connectivity index (χ2n) is 7.18. The van der Waals surface area contributed by atoms with Crippen molar-refractivity contribution in [2.24, 2.45) is 0 Å². The molecule has 8 heteroatoms. The molecule has 1 aliphatic heterocycles. The van der Waals surface area contributed by atoms with E-state index in [1.807, 2.05) is 36.9 Å². The van der Waals surface area contributed by atoms with E-state index in [1.165, 1.54) is 26.2 Å². The molecule has 3 rings (SSSR count). The Balaban J connectivity index is 2.06. The van der Waals surface area contributed by atoms with Gasteiger partial charge in [-0.05, 0) is 43.2 Å². The fourth-order valence-electron chi connectivity index (χ4n) is 3.24. The maximum Gasteiger partial charge on any atom is 0.345 e. The lowest BCUT2D eigenvalue weighted by Crippen LogP contribution is -2.37. The average Bonchev–Trinajstić information content (AvgIpc) is 2.70. The summed E-state index contributed by atoms with van der Waals surface area (Å²) in [6.07, 6.45) is 0. The van der Waals surface area contributed by atoms with Gasteiger partial charge in [0.15, 0.2) is 0 Å². The van der Waals surface area contributed by atoms with E-state index in [0.29, 0.717) is 37.7 Å². The molecule has 0 bridgehead atoms. The molecule has 0 atom stereocenters. The van der Waals surface area contributed by atoms with Crippen LogP contribution in [0.4, 0.5) is 5.69 Å². The lowest BCUT2D eigenvalue weighted by molar-refractivity contribution is 0.0731. The Morgan fingerprint density at radius 3 is 2.28 bits per heavy atom. The highest BCUT2D eigenvalue weighted by Gasteiger charge is 2.25. The number of esters is 1. The first-order valence-corrected chi connectivity index (χ1v) is 10.8. The molecular weight excluding hydrogens is 392 g/mol. The Bertz CT molecular complexity index is 991. The number of hydrogen-bond acceptors (Lipinski definition) is 6. The van der Waals surface area contributed by atoms with Gasteiger partial charge in [-0.2, -0.15) is 0 Å². The van der Waals surface area contributed by atoms with Crippen LogP contribution in [-0.2, 0) is 14.8 Å². The van der Waals surface area contributed by atoms with Gasteiger partial charge in [0, 0.05) is 27.2 Å². The van der Waals surface area contributed by atoms with Crippen LogP contribution in [0.1, 0.15) is 21.5 Å². The molecule has 0 aliphatic carbocycles. The molecule has 2 aromatic rings. The molecule has 0 saturated carbocycles. The second kappa shape index (κ2) is 8.52. The number of nitrogens with zero attached hydrogens (tertiary/aromatic N) is 2. The average molecular weight is 419 g/mol. The zero-order chi connectivity index (χ0) is 21.2. The zero-order valence-electron chi connectivity index (χ0n) is 17.1. The van der Waals surface area contributed by atoms with Crippen molar-refractivity contribution in [3.63, 3.8) is 0 Å². The molecule has 0 spiro atoms. The molecule has 7 nitrogen and oxygen atoms in total. The Morgan fingerprint density at radius 2 is 1.69 bits per heavy atom. The first-order chi connectivity index (χ1) is 13.7. The minimum Gasteiger partial charge on any atom is -0.422 e. The van der Waals surface area contributed by atoms with Crippen molar-refractivity contribution in [2.45, 2.75) is 18.7 Å². The standard InChI is InChI=1S/C21H26N2O5S/c1-15-6-5-7-16(2)20(15)28-21(24)18-14-17(29(25,26)22(3)4)8-9-19(18)23-10-12-27-13-11-23/h5-9,14H,10-13H2,1-4H3. The van der Waals surface area contributed by atoms with Crippen LogP contribution in [0, 0.1) is 13.8 Å². The van der Waals surface area contributed by atoms with E-state index in [9.17, 15) is 13.2 Å². The molecule has 29 heavy (non-hydrogen) atoms. The summed E-state index contributed by atoms with van der Waals surface area (Å²) in [5.41, 5.74) is 2.53. The van der Waals surface area contributed by atoms with Gasteiger partial charge in [-0.3, -0.25) is 0 Å². The SMILES string of the molecule is Cc1cccc(C)c1OC(=O)c1cc(S(=O)(=O)N(C)C)ccc1N1CCOCC1. The van der Waals surface area contributed by atoms with Gasteiger partial charge in [0.25, 0.3) is 0 Å². The molecule has 156 valence electrons. The quantitative estimate of drug-likeness (QED) is 0.549. The second-order valence-corrected chi connectivity index (χ2v) is 9.33. The Kier molecular flexibility index (Phi) is 6.26. The van der Waals surface area contributed by atoms with Crippen LogP contribution in [0.25, 0.3) is 0 Å². The predicted molar refractivity (Wildman–Crippen MR) is 111 cm³/mol. The molecule has 0 N–H and O–H groups in total. The van der Waals surface area contributed by atoms with Crippen LogP contribution in [-0.4, -0.2) is 59.1 Å². The first kappa shape index (κ1) is 21.3. The lowest BCUT2D eigenvalue weighted by Gasteiger charge is -2.30. The van der Waals surface area contributed by atoms with Crippen LogP contribution in [0.5, 0.6) is 5.75 Å². The number of hydrogen-bond donors (Lipinski definition) is 0. The van der Waals surface area contributed by atoms with Gasteiger partial charge in [-0.1, -0.05) is 18.2 Å². The van der Waals surface area contributed by atoms with E-state index in [1.54, 1.807) is 6.07 Å². The van der Waals surface area contributed by atoms with Gasteiger partial charge in [0.05, 0.1) is 29.4 Å². The van der Waals surface area contributed by atoms with E-state index >= 15 is 0 Å². The summed E-state index contributed by atoms with van der Waals surface area (Å²) in [6, 6.07) is 10.2. The number of sulfonamides is 1. The molecule has 0 amide bonds. The van der Waals surface area contributed by atoms with Crippen molar-refractivity contribution < 1.29 is 22.7 Å². The summed E-state index contributed by atoms with van der Waals surface area (Å²) in [7, 11) is -0.771. The van der Waals surface area contributed by atoms with Crippen LogP contribution >= 0.6 is 0 Å². The van der Waals surface area contributed by atoms with E-state index in [4.69, 9.17) is 9.47 Å². The molecule has 2 aromatic carbocycles. The molecule has 0 aromatic heterocycles. The van der Waals surface area contributed by atoms with Gasteiger partial charge in [0.2, 0.25) is 10.0 Å². The van der Waals surface area contributed by atoms with Gasteiger partial charge in [0.1, 0.15) is 5.75 Å². The number of aryl methyl sites for hydroxylation is 2. The first-order valence-electron chi connectivity index (χ1n) is 9.39. The summed E-state index contributed by atoms with van der Waals surface area (Å²) >= 11 is 0. The summed E-state index contributed by atoms with van der Waals surface area (Å²) < 4.78 is 37.4.